The molecule has 0 saturated heterocycles. The van der Waals surface area contributed by atoms with Gasteiger partial charge in [-0.15, -0.1) is 11.3 Å². The first kappa shape index (κ1) is 13.2. The molecule has 0 fully saturated rings. The van der Waals surface area contributed by atoms with Gasteiger partial charge in [-0.3, -0.25) is 0 Å². The van der Waals surface area contributed by atoms with E-state index < -0.39 is 0 Å². The molecule has 0 amide bonds. The molecule has 5 heteroatoms. The largest absolute Gasteiger partial charge is 0.309 e. The van der Waals surface area contributed by atoms with Crippen LogP contribution in [0.15, 0.2) is 38.6 Å². The number of hydrogen-bond acceptors (Lipinski definition) is 2. The van der Waals surface area contributed by atoms with Gasteiger partial charge in [0.2, 0.25) is 0 Å². The van der Waals surface area contributed by atoms with Crippen molar-refractivity contribution in [3.8, 4) is 0 Å². The first-order valence-electron chi connectivity index (χ1n) is 4.98. The molecule has 0 aliphatic rings. The Kier molecular flexibility index (Phi) is 4.36. The number of rotatable bonds is 3. The summed E-state index contributed by atoms with van der Waals surface area (Å²) in [5.41, 5.74) is 0.652. The number of benzene rings is 1. The van der Waals surface area contributed by atoms with Gasteiger partial charge in [0.05, 0.1) is 6.04 Å². The van der Waals surface area contributed by atoms with Crippen LogP contribution in [0, 0.1) is 5.82 Å². The summed E-state index contributed by atoms with van der Waals surface area (Å²) in [4.78, 5) is 1.08. The predicted octanol–water partition coefficient (Wildman–Crippen LogP) is 4.72. The molecule has 1 N–H and O–H groups in total. The van der Waals surface area contributed by atoms with Crippen LogP contribution < -0.4 is 5.32 Å². The normalized spacial score (nSPS) is 12.7. The van der Waals surface area contributed by atoms with Crippen LogP contribution in [0.1, 0.15) is 16.5 Å². The van der Waals surface area contributed by atoms with Gasteiger partial charge in [-0.2, -0.15) is 0 Å². The third-order valence-corrected chi connectivity index (χ3v) is 4.90. The molecule has 1 aromatic carbocycles. The summed E-state index contributed by atoms with van der Waals surface area (Å²) in [6, 6.07) is 6.98. The fraction of sp³-hybridized carbons (Fsp3) is 0.167. The lowest BCUT2D eigenvalue weighted by Gasteiger charge is -2.16. The Morgan fingerprint density at radius 1 is 1.29 bits per heavy atom. The van der Waals surface area contributed by atoms with Crippen LogP contribution in [0.5, 0.6) is 0 Å². The first-order chi connectivity index (χ1) is 8.13. The molecule has 1 aromatic heterocycles. The van der Waals surface area contributed by atoms with Crippen molar-refractivity contribution in [2.75, 3.05) is 7.05 Å². The molecule has 90 valence electrons. The number of thiophene rings is 1. The zero-order valence-corrected chi connectivity index (χ0v) is 13.0. The summed E-state index contributed by atoms with van der Waals surface area (Å²) in [5, 5.41) is 5.13. The molecule has 0 bridgehead atoms. The average Bonchev–Trinajstić information content (AvgIpc) is 2.69. The van der Waals surface area contributed by atoms with Gasteiger partial charge in [0.25, 0.3) is 0 Å². The second kappa shape index (κ2) is 5.61. The van der Waals surface area contributed by atoms with Gasteiger partial charge in [0.15, 0.2) is 0 Å². The number of halogens is 3. The van der Waals surface area contributed by atoms with Crippen LogP contribution in [0.25, 0.3) is 0 Å². The monoisotopic (exact) mass is 377 g/mol. The molecular weight excluding hydrogens is 369 g/mol. The topological polar surface area (TPSA) is 12.0 Å². The minimum Gasteiger partial charge on any atom is -0.309 e. The van der Waals surface area contributed by atoms with Gasteiger partial charge in [-0.05, 0) is 46.6 Å². The lowest BCUT2D eigenvalue weighted by atomic mass is 10.1. The van der Waals surface area contributed by atoms with E-state index in [0.29, 0.717) is 5.56 Å². The minimum atomic E-state index is -0.209. The molecule has 1 heterocycles. The molecule has 0 aliphatic carbocycles. The smallest absolute Gasteiger partial charge is 0.129 e. The molecule has 0 saturated carbocycles. The zero-order chi connectivity index (χ0) is 12.4. The van der Waals surface area contributed by atoms with Gasteiger partial charge in [0, 0.05) is 19.4 Å². The van der Waals surface area contributed by atoms with Crippen LogP contribution in [0.4, 0.5) is 4.39 Å². The van der Waals surface area contributed by atoms with E-state index in [1.165, 1.54) is 6.07 Å². The van der Waals surface area contributed by atoms with E-state index in [1.54, 1.807) is 17.4 Å². The predicted molar refractivity (Wildman–Crippen MR) is 77.0 cm³/mol. The fourth-order valence-electron chi connectivity index (χ4n) is 1.67. The molecule has 2 rings (SSSR count). The molecule has 0 radical (unpaired) electrons. The zero-order valence-electron chi connectivity index (χ0n) is 9.01. The van der Waals surface area contributed by atoms with Crippen molar-refractivity contribution in [1.29, 1.82) is 0 Å². The molecule has 17 heavy (non-hydrogen) atoms. The van der Waals surface area contributed by atoms with Gasteiger partial charge in [0.1, 0.15) is 5.82 Å². The lowest BCUT2D eigenvalue weighted by Crippen LogP contribution is -2.18. The average molecular weight is 379 g/mol. The third-order valence-electron chi connectivity index (χ3n) is 2.47. The Morgan fingerprint density at radius 2 is 2.06 bits per heavy atom. The van der Waals surface area contributed by atoms with E-state index in [1.807, 2.05) is 24.6 Å². The molecule has 1 unspecified atom stereocenters. The van der Waals surface area contributed by atoms with Crippen molar-refractivity contribution >= 4 is 43.2 Å². The van der Waals surface area contributed by atoms with E-state index in [2.05, 4.69) is 37.2 Å². The molecular formula is C12H10Br2FNS. The Labute approximate surface area is 120 Å². The van der Waals surface area contributed by atoms with Crippen LogP contribution in [-0.4, -0.2) is 7.05 Å². The Bertz CT molecular complexity index is 527. The summed E-state index contributed by atoms with van der Waals surface area (Å²) in [5.74, 6) is -0.209. The van der Waals surface area contributed by atoms with Gasteiger partial charge < -0.3 is 5.32 Å². The van der Waals surface area contributed by atoms with Gasteiger partial charge in [-0.1, -0.05) is 22.0 Å². The van der Waals surface area contributed by atoms with Crippen LogP contribution in [0.3, 0.4) is 0 Å². The summed E-state index contributed by atoms with van der Waals surface area (Å²) < 4.78 is 15.7. The van der Waals surface area contributed by atoms with Crippen molar-refractivity contribution < 1.29 is 4.39 Å². The molecule has 1 atom stereocenters. The van der Waals surface area contributed by atoms with Gasteiger partial charge in [-0.25, -0.2) is 4.39 Å². The summed E-state index contributed by atoms with van der Waals surface area (Å²) >= 11 is 8.35. The quantitative estimate of drug-likeness (QED) is 0.814. The van der Waals surface area contributed by atoms with Crippen molar-refractivity contribution in [2.24, 2.45) is 0 Å². The molecule has 1 nitrogen and oxygen atoms in total. The van der Waals surface area contributed by atoms with Crippen molar-refractivity contribution in [3.05, 3.63) is 54.8 Å². The molecule has 2 aromatic rings. The maximum absolute atomic E-state index is 13.9. The van der Waals surface area contributed by atoms with Crippen molar-refractivity contribution in [2.45, 2.75) is 6.04 Å². The van der Waals surface area contributed by atoms with Crippen LogP contribution >= 0.6 is 43.2 Å². The fourth-order valence-corrected chi connectivity index (χ4v) is 3.74. The Hall–Kier alpha value is -0.230. The molecule has 0 aliphatic heterocycles. The maximum Gasteiger partial charge on any atom is 0.129 e. The van der Waals surface area contributed by atoms with E-state index in [4.69, 9.17) is 0 Å². The molecule has 0 spiro atoms. The highest BCUT2D eigenvalue weighted by molar-refractivity contribution is 9.10. The van der Waals surface area contributed by atoms with E-state index in [9.17, 15) is 4.39 Å². The van der Waals surface area contributed by atoms with Gasteiger partial charge >= 0.3 is 0 Å². The lowest BCUT2D eigenvalue weighted by molar-refractivity contribution is 0.578. The summed E-state index contributed by atoms with van der Waals surface area (Å²) in [7, 11) is 1.83. The van der Waals surface area contributed by atoms with Crippen LogP contribution in [0.2, 0.25) is 0 Å². The second-order valence-corrected chi connectivity index (χ2v) is 6.24. The summed E-state index contributed by atoms with van der Waals surface area (Å²) in [6.45, 7) is 0. The second-order valence-electron chi connectivity index (χ2n) is 3.52. The first-order valence-corrected chi connectivity index (χ1v) is 7.45. The maximum atomic E-state index is 13.9. The van der Waals surface area contributed by atoms with E-state index in [0.717, 1.165) is 13.8 Å². The van der Waals surface area contributed by atoms with E-state index >= 15 is 0 Å². The summed E-state index contributed by atoms with van der Waals surface area (Å²) in [6.07, 6.45) is 0. The Balaban J connectivity index is 2.46. The highest BCUT2D eigenvalue weighted by Gasteiger charge is 2.19. The minimum absolute atomic E-state index is 0.127. The highest BCUT2D eigenvalue weighted by atomic mass is 79.9. The number of nitrogens with one attached hydrogen (secondary N) is 1. The third kappa shape index (κ3) is 2.78. The van der Waals surface area contributed by atoms with Crippen molar-refractivity contribution in [3.63, 3.8) is 0 Å². The standard InChI is InChI=1S/C12H10Br2FNS/c1-16-11(12-9(14)4-5-17-12)8-3-2-7(13)6-10(8)15/h2-6,11,16H,1H3. The Morgan fingerprint density at radius 3 is 2.59 bits per heavy atom. The van der Waals surface area contributed by atoms with Crippen LogP contribution in [-0.2, 0) is 0 Å². The van der Waals surface area contributed by atoms with E-state index in [-0.39, 0.29) is 11.9 Å². The number of hydrogen-bond donors (Lipinski definition) is 1. The van der Waals surface area contributed by atoms with Crippen molar-refractivity contribution in [1.82, 2.24) is 5.32 Å². The SMILES string of the molecule is CNC(c1ccc(Br)cc1F)c1sccc1Br. The highest BCUT2D eigenvalue weighted by Crippen LogP contribution is 2.34.